The zero-order chi connectivity index (χ0) is 21.6. The molecule has 9 nitrogen and oxygen atoms in total. The molecule has 0 spiro atoms. The largest absolute Gasteiger partial charge is 0.378 e. The van der Waals surface area contributed by atoms with Crippen molar-refractivity contribution in [2.24, 2.45) is 0 Å². The first kappa shape index (κ1) is 20.8. The van der Waals surface area contributed by atoms with Crippen LogP contribution in [0.5, 0.6) is 0 Å². The SMILES string of the molecule is c1cnc(N2CCN(CCCNc3nc4ccccc4nc3N3CCOCC3)CC2)nc1. The van der Waals surface area contributed by atoms with Crippen molar-refractivity contribution in [3.05, 3.63) is 42.7 Å². The van der Waals surface area contributed by atoms with E-state index in [0.717, 1.165) is 101 Å². The summed E-state index contributed by atoms with van der Waals surface area (Å²) >= 11 is 0. The number of piperazine rings is 1. The number of para-hydroxylation sites is 2. The fourth-order valence-electron chi connectivity index (χ4n) is 4.24. The topological polar surface area (TPSA) is 82.5 Å². The maximum absolute atomic E-state index is 5.52. The van der Waals surface area contributed by atoms with E-state index in [0.29, 0.717) is 0 Å². The smallest absolute Gasteiger partial charge is 0.225 e. The van der Waals surface area contributed by atoms with Crippen LogP contribution in [0, 0.1) is 0 Å². The molecule has 5 rings (SSSR count). The summed E-state index contributed by atoms with van der Waals surface area (Å²) in [5, 5.41) is 3.56. The first-order valence-electron chi connectivity index (χ1n) is 11.4. The zero-order valence-electron chi connectivity index (χ0n) is 18.4. The first-order valence-corrected chi connectivity index (χ1v) is 11.4. The van der Waals surface area contributed by atoms with Gasteiger partial charge in [0.2, 0.25) is 5.95 Å². The van der Waals surface area contributed by atoms with Gasteiger partial charge in [-0.05, 0) is 31.2 Å². The molecular formula is C23H30N8O. The molecule has 168 valence electrons. The van der Waals surface area contributed by atoms with Crippen molar-refractivity contribution in [2.45, 2.75) is 6.42 Å². The summed E-state index contributed by atoms with van der Waals surface area (Å²) in [5.74, 6) is 2.64. The lowest BCUT2D eigenvalue weighted by molar-refractivity contribution is 0.122. The van der Waals surface area contributed by atoms with Gasteiger partial charge in [0.1, 0.15) is 0 Å². The summed E-state index contributed by atoms with van der Waals surface area (Å²) in [7, 11) is 0. The third-order valence-corrected chi connectivity index (χ3v) is 6.01. The molecule has 0 saturated carbocycles. The van der Waals surface area contributed by atoms with Crippen molar-refractivity contribution in [2.75, 3.05) is 80.7 Å². The van der Waals surface area contributed by atoms with Crippen LogP contribution in [0.15, 0.2) is 42.7 Å². The van der Waals surface area contributed by atoms with Crippen LogP contribution in [0.1, 0.15) is 6.42 Å². The molecule has 2 saturated heterocycles. The average molecular weight is 435 g/mol. The van der Waals surface area contributed by atoms with Crippen LogP contribution < -0.4 is 15.1 Å². The first-order chi connectivity index (χ1) is 15.9. The monoisotopic (exact) mass is 434 g/mol. The van der Waals surface area contributed by atoms with Gasteiger partial charge in [-0.25, -0.2) is 19.9 Å². The number of benzene rings is 1. The van der Waals surface area contributed by atoms with Crippen LogP contribution in [0.25, 0.3) is 11.0 Å². The van der Waals surface area contributed by atoms with Crippen LogP contribution in [-0.2, 0) is 4.74 Å². The van der Waals surface area contributed by atoms with Crippen molar-refractivity contribution in [3.63, 3.8) is 0 Å². The van der Waals surface area contributed by atoms with E-state index in [4.69, 9.17) is 14.7 Å². The fraction of sp³-hybridized carbons (Fsp3) is 0.478. The molecule has 0 amide bonds. The molecule has 1 aromatic carbocycles. The highest BCUT2D eigenvalue weighted by molar-refractivity contribution is 5.80. The minimum atomic E-state index is 0.730. The molecule has 32 heavy (non-hydrogen) atoms. The Labute approximate surface area is 188 Å². The highest BCUT2D eigenvalue weighted by Gasteiger charge is 2.20. The van der Waals surface area contributed by atoms with Gasteiger partial charge in [-0.3, -0.25) is 4.90 Å². The number of aromatic nitrogens is 4. The summed E-state index contributed by atoms with van der Waals surface area (Å²) < 4.78 is 5.52. The molecule has 0 atom stereocenters. The molecule has 2 aliphatic rings. The van der Waals surface area contributed by atoms with E-state index in [1.165, 1.54) is 0 Å². The summed E-state index contributed by atoms with van der Waals surface area (Å²) in [6.45, 7) is 9.08. The van der Waals surface area contributed by atoms with E-state index in [-0.39, 0.29) is 0 Å². The van der Waals surface area contributed by atoms with Crippen LogP contribution in [-0.4, -0.2) is 90.4 Å². The van der Waals surface area contributed by atoms with Crippen molar-refractivity contribution in [3.8, 4) is 0 Å². The molecule has 3 aromatic rings. The third kappa shape index (κ3) is 4.89. The van der Waals surface area contributed by atoms with Gasteiger partial charge in [0.15, 0.2) is 11.6 Å². The second-order valence-corrected chi connectivity index (χ2v) is 8.14. The van der Waals surface area contributed by atoms with Gasteiger partial charge in [-0.15, -0.1) is 0 Å². The molecule has 2 fully saturated rings. The molecule has 0 radical (unpaired) electrons. The highest BCUT2D eigenvalue weighted by atomic mass is 16.5. The molecule has 9 heteroatoms. The molecule has 0 bridgehead atoms. The van der Waals surface area contributed by atoms with E-state index in [1.54, 1.807) is 12.4 Å². The maximum Gasteiger partial charge on any atom is 0.225 e. The number of nitrogens with zero attached hydrogens (tertiary/aromatic N) is 7. The van der Waals surface area contributed by atoms with Crippen molar-refractivity contribution in [1.82, 2.24) is 24.8 Å². The summed E-state index contributed by atoms with van der Waals surface area (Å²) in [5.41, 5.74) is 1.85. The molecule has 1 N–H and O–H groups in total. The van der Waals surface area contributed by atoms with Gasteiger partial charge in [0.05, 0.1) is 24.2 Å². The maximum atomic E-state index is 5.52. The van der Waals surface area contributed by atoms with Crippen LogP contribution in [0.3, 0.4) is 0 Å². The zero-order valence-corrected chi connectivity index (χ0v) is 18.4. The molecule has 2 aromatic heterocycles. The normalized spacial score (nSPS) is 17.6. The molecule has 0 unspecified atom stereocenters. The number of hydrogen-bond donors (Lipinski definition) is 1. The minimum Gasteiger partial charge on any atom is -0.378 e. The Kier molecular flexibility index (Phi) is 6.55. The van der Waals surface area contributed by atoms with Crippen LogP contribution in [0.2, 0.25) is 0 Å². The van der Waals surface area contributed by atoms with Gasteiger partial charge < -0.3 is 19.9 Å². The molecule has 0 aliphatic carbocycles. The van der Waals surface area contributed by atoms with Gasteiger partial charge in [0.25, 0.3) is 0 Å². The lowest BCUT2D eigenvalue weighted by atomic mass is 10.3. The molecular weight excluding hydrogens is 404 g/mol. The number of ether oxygens (including phenoxy) is 1. The standard InChI is InChI=1S/C23H30N8O/c1-2-6-20-19(5-1)27-21(22(28-20)30-15-17-32-18-16-30)24-9-4-10-29-11-13-31(14-12-29)23-25-7-3-8-26-23/h1-3,5-8H,4,9-18H2,(H,24,27). The number of fused-ring (bicyclic) bond motifs is 1. The minimum absolute atomic E-state index is 0.730. The fourth-order valence-corrected chi connectivity index (χ4v) is 4.24. The second-order valence-electron chi connectivity index (χ2n) is 8.14. The van der Waals surface area contributed by atoms with Gasteiger partial charge >= 0.3 is 0 Å². The Morgan fingerprint density at radius 2 is 1.53 bits per heavy atom. The van der Waals surface area contributed by atoms with Gasteiger partial charge in [-0.1, -0.05) is 12.1 Å². The van der Waals surface area contributed by atoms with Crippen LogP contribution >= 0.6 is 0 Å². The van der Waals surface area contributed by atoms with E-state index < -0.39 is 0 Å². The molecule has 4 heterocycles. The predicted molar refractivity (Wildman–Crippen MR) is 126 cm³/mol. The van der Waals surface area contributed by atoms with Gasteiger partial charge in [-0.2, -0.15) is 0 Å². The van der Waals surface area contributed by atoms with E-state index in [1.807, 2.05) is 30.3 Å². The summed E-state index contributed by atoms with van der Waals surface area (Å²) in [6.07, 6.45) is 4.67. The number of morpholine rings is 1. The summed E-state index contributed by atoms with van der Waals surface area (Å²) in [4.78, 5) is 25.6. The lowest BCUT2D eigenvalue weighted by Gasteiger charge is -2.34. The Morgan fingerprint density at radius 1 is 0.812 bits per heavy atom. The van der Waals surface area contributed by atoms with E-state index in [2.05, 4.69) is 30.0 Å². The van der Waals surface area contributed by atoms with E-state index in [9.17, 15) is 0 Å². The van der Waals surface area contributed by atoms with Crippen LogP contribution in [0.4, 0.5) is 17.6 Å². The number of hydrogen-bond acceptors (Lipinski definition) is 9. The number of nitrogens with one attached hydrogen (secondary N) is 1. The Hall–Kier alpha value is -3.04. The lowest BCUT2D eigenvalue weighted by Crippen LogP contribution is -2.47. The Morgan fingerprint density at radius 3 is 2.28 bits per heavy atom. The van der Waals surface area contributed by atoms with Crippen molar-refractivity contribution >= 4 is 28.6 Å². The Balaban J connectivity index is 1.16. The highest BCUT2D eigenvalue weighted by Crippen LogP contribution is 2.25. The second kappa shape index (κ2) is 10.1. The van der Waals surface area contributed by atoms with E-state index >= 15 is 0 Å². The van der Waals surface area contributed by atoms with Crippen molar-refractivity contribution < 1.29 is 4.74 Å². The quantitative estimate of drug-likeness (QED) is 0.561. The average Bonchev–Trinajstić information content (AvgIpc) is 2.87. The molecule has 2 aliphatic heterocycles. The summed E-state index contributed by atoms with van der Waals surface area (Å²) in [6, 6.07) is 9.92. The Bertz CT molecular complexity index is 1000. The van der Waals surface area contributed by atoms with Crippen molar-refractivity contribution in [1.29, 1.82) is 0 Å². The van der Waals surface area contributed by atoms with Gasteiger partial charge in [0, 0.05) is 58.2 Å². The third-order valence-electron chi connectivity index (χ3n) is 6.01. The number of anilines is 3. The number of rotatable bonds is 7. The predicted octanol–water partition coefficient (Wildman–Crippen LogP) is 1.88.